The van der Waals surface area contributed by atoms with Gasteiger partial charge in [-0.1, -0.05) is 53.3 Å². The minimum atomic E-state index is -0.621. The van der Waals surface area contributed by atoms with Gasteiger partial charge < -0.3 is 5.32 Å². The summed E-state index contributed by atoms with van der Waals surface area (Å²) in [5.41, 5.74) is 3.41. The van der Waals surface area contributed by atoms with E-state index in [9.17, 15) is 9.59 Å². The molecule has 1 atom stereocenters. The van der Waals surface area contributed by atoms with Crippen LogP contribution in [0.1, 0.15) is 29.0 Å². The van der Waals surface area contributed by atoms with Gasteiger partial charge in [-0.3, -0.25) is 14.2 Å². The van der Waals surface area contributed by atoms with Crippen LogP contribution < -0.4 is 20.2 Å². The van der Waals surface area contributed by atoms with Crippen molar-refractivity contribution in [2.24, 2.45) is 4.99 Å². The van der Waals surface area contributed by atoms with Gasteiger partial charge in [0.05, 0.1) is 21.8 Å². The van der Waals surface area contributed by atoms with E-state index in [4.69, 9.17) is 11.6 Å². The number of carbonyl (C=O) groups excluding carboxylic acids is 1. The van der Waals surface area contributed by atoms with Gasteiger partial charge in [-0.15, -0.1) is 11.3 Å². The van der Waals surface area contributed by atoms with Crippen molar-refractivity contribution in [2.45, 2.75) is 19.9 Å². The summed E-state index contributed by atoms with van der Waals surface area (Å²) in [6.45, 7) is 3.83. The molecule has 34 heavy (non-hydrogen) atoms. The highest BCUT2D eigenvalue weighted by Gasteiger charge is 2.32. The van der Waals surface area contributed by atoms with Crippen LogP contribution in [0.25, 0.3) is 6.08 Å². The van der Waals surface area contributed by atoms with Crippen molar-refractivity contribution in [3.05, 3.63) is 118 Å². The lowest BCUT2D eigenvalue weighted by atomic mass is 9.95. The molecule has 1 aliphatic heterocycles. The number of aryl methyl sites for hydroxylation is 1. The Labute approximate surface area is 209 Å². The number of anilines is 1. The molecule has 5 rings (SSSR count). The Bertz CT molecular complexity index is 1600. The first-order valence-electron chi connectivity index (χ1n) is 10.6. The molecule has 1 amide bonds. The van der Waals surface area contributed by atoms with Crippen LogP contribution in [0.2, 0.25) is 5.02 Å². The fourth-order valence-corrected chi connectivity index (χ4v) is 6.03. The van der Waals surface area contributed by atoms with E-state index in [-0.39, 0.29) is 11.5 Å². The molecule has 8 heteroatoms. The number of carbonyl (C=O) groups is 1. The molecule has 0 radical (unpaired) electrons. The van der Waals surface area contributed by atoms with Gasteiger partial charge in [0.15, 0.2) is 4.80 Å². The second-order valence-electron chi connectivity index (χ2n) is 7.92. The predicted octanol–water partition coefficient (Wildman–Crippen LogP) is 4.90. The Balaban J connectivity index is 1.69. The second-order valence-corrected chi connectivity index (χ2v) is 10.3. The van der Waals surface area contributed by atoms with Gasteiger partial charge in [-0.2, -0.15) is 0 Å². The molecule has 170 valence electrons. The van der Waals surface area contributed by atoms with E-state index in [1.165, 1.54) is 11.3 Å². The third-order valence-corrected chi connectivity index (χ3v) is 7.85. The lowest BCUT2D eigenvalue weighted by Crippen LogP contribution is -2.40. The molecule has 3 heterocycles. The molecular formula is C26H20ClN3O2S2. The lowest BCUT2D eigenvalue weighted by Gasteiger charge is -2.25. The number of hydrogen-bond acceptors (Lipinski definition) is 5. The van der Waals surface area contributed by atoms with Crippen LogP contribution in [0.15, 0.2) is 87.1 Å². The second kappa shape index (κ2) is 9.18. The van der Waals surface area contributed by atoms with Crippen LogP contribution in [-0.4, -0.2) is 10.5 Å². The first-order chi connectivity index (χ1) is 16.4. The number of halogens is 1. The van der Waals surface area contributed by atoms with Crippen molar-refractivity contribution in [3.63, 3.8) is 0 Å². The number of amides is 1. The predicted molar refractivity (Wildman–Crippen MR) is 139 cm³/mol. The fraction of sp³-hybridized carbons (Fsp3) is 0.115. The molecule has 0 aliphatic carbocycles. The van der Waals surface area contributed by atoms with Crippen LogP contribution in [0, 0.1) is 6.92 Å². The Hall–Kier alpha value is -3.26. The number of thiazole rings is 1. The minimum Gasteiger partial charge on any atom is -0.322 e. The van der Waals surface area contributed by atoms with Gasteiger partial charge in [0.2, 0.25) is 0 Å². The summed E-state index contributed by atoms with van der Waals surface area (Å²) in [7, 11) is 0. The number of thiophene rings is 1. The zero-order valence-corrected chi connectivity index (χ0v) is 20.8. The third-order valence-electron chi connectivity index (χ3n) is 5.65. The van der Waals surface area contributed by atoms with Gasteiger partial charge in [-0.25, -0.2) is 4.99 Å². The van der Waals surface area contributed by atoms with Crippen molar-refractivity contribution in [1.29, 1.82) is 0 Å². The van der Waals surface area contributed by atoms with E-state index in [2.05, 4.69) is 10.3 Å². The molecule has 0 saturated carbocycles. The van der Waals surface area contributed by atoms with Crippen LogP contribution in [0.5, 0.6) is 0 Å². The van der Waals surface area contributed by atoms with Crippen molar-refractivity contribution in [3.8, 4) is 0 Å². The Morgan fingerprint density at radius 3 is 2.50 bits per heavy atom. The number of nitrogens with zero attached hydrogens (tertiary/aromatic N) is 2. The summed E-state index contributed by atoms with van der Waals surface area (Å²) in [4.78, 5) is 33.4. The van der Waals surface area contributed by atoms with E-state index in [1.54, 1.807) is 28.0 Å². The molecule has 0 spiro atoms. The minimum absolute atomic E-state index is 0.172. The zero-order chi connectivity index (χ0) is 23.8. The first kappa shape index (κ1) is 22.5. The quantitative estimate of drug-likeness (QED) is 0.429. The highest BCUT2D eigenvalue weighted by molar-refractivity contribution is 7.11. The maximum absolute atomic E-state index is 13.6. The number of aromatic nitrogens is 1. The number of nitrogens with one attached hydrogen (secondary N) is 1. The Morgan fingerprint density at radius 1 is 1.09 bits per heavy atom. The number of benzene rings is 2. The smallest absolute Gasteiger partial charge is 0.271 e. The summed E-state index contributed by atoms with van der Waals surface area (Å²) >= 11 is 9.06. The summed E-state index contributed by atoms with van der Waals surface area (Å²) in [6.07, 6.45) is 1.91. The van der Waals surface area contributed by atoms with Crippen molar-refractivity contribution < 1.29 is 4.79 Å². The standard InChI is InChI=1S/C26H20ClN3O2S2/c1-15-12-13-33-20(15)14-21-25(32)30-23(17-8-10-18(27)11-9-17)22(16(2)28-26(30)34-21)24(31)29-19-6-4-3-5-7-19/h3-14,23H,1-2H3,(H,29,31)/b21-14-/t23-/m0/s1. The maximum atomic E-state index is 13.6. The van der Waals surface area contributed by atoms with Crippen LogP contribution in [-0.2, 0) is 4.79 Å². The molecule has 1 aliphatic rings. The molecule has 0 saturated heterocycles. The number of para-hydroxylation sites is 1. The normalized spacial score (nSPS) is 15.7. The van der Waals surface area contributed by atoms with Crippen molar-refractivity contribution >= 4 is 51.9 Å². The van der Waals surface area contributed by atoms with Crippen molar-refractivity contribution in [1.82, 2.24) is 4.57 Å². The van der Waals surface area contributed by atoms with Crippen molar-refractivity contribution in [2.75, 3.05) is 5.32 Å². The van der Waals surface area contributed by atoms with Gasteiger partial charge in [0.25, 0.3) is 11.5 Å². The van der Waals surface area contributed by atoms with E-state index >= 15 is 0 Å². The van der Waals surface area contributed by atoms with Crippen LogP contribution in [0.4, 0.5) is 5.69 Å². The Kier molecular flexibility index (Phi) is 6.08. The fourth-order valence-electron chi connectivity index (χ4n) is 3.94. The average molecular weight is 506 g/mol. The van der Waals surface area contributed by atoms with Gasteiger partial charge >= 0.3 is 0 Å². The van der Waals surface area contributed by atoms with Gasteiger partial charge in [-0.05, 0) is 66.8 Å². The topological polar surface area (TPSA) is 63.5 Å². The molecule has 2 aromatic heterocycles. The van der Waals surface area contributed by atoms with Gasteiger partial charge in [0.1, 0.15) is 0 Å². The summed E-state index contributed by atoms with van der Waals surface area (Å²) < 4.78 is 2.20. The summed E-state index contributed by atoms with van der Waals surface area (Å²) in [6, 6.07) is 17.9. The van der Waals surface area contributed by atoms with E-state index in [0.29, 0.717) is 31.3 Å². The first-order valence-corrected chi connectivity index (χ1v) is 12.7. The van der Waals surface area contributed by atoms with Crippen LogP contribution >= 0.6 is 34.3 Å². The SMILES string of the molecule is CC1=C(C(=O)Nc2ccccc2)[C@H](c2ccc(Cl)cc2)n2c(s/c(=C\c3sccc3C)c2=O)=N1. The number of hydrogen-bond donors (Lipinski definition) is 1. The third kappa shape index (κ3) is 4.18. The van der Waals surface area contributed by atoms with E-state index < -0.39 is 6.04 Å². The molecule has 0 fully saturated rings. The molecule has 4 aromatic rings. The molecule has 1 N–H and O–H groups in total. The summed E-state index contributed by atoms with van der Waals surface area (Å²) in [5.74, 6) is -0.296. The monoisotopic (exact) mass is 505 g/mol. The van der Waals surface area contributed by atoms with E-state index in [1.807, 2.05) is 73.8 Å². The molecule has 0 bridgehead atoms. The average Bonchev–Trinajstić information content (AvgIpc) is 3.36. The lowest BCUT2D eigenvalue weighted by molar-refractivity contribution is -0.113. The molecular weight excluding hydrogens is 486 g/mol. The van der Waals surface area contributed by atoms with Gasteiger partial charge in [0, 0.05) is 15.6 Å². The zero-order valence-electron chi connectivity index (χ0n) is 18.4. The highest BCUT2D eigenvalue weighted by atomic mass is 35.5. The number of allylic oxidation sites excluding steroid dienone is 1. The van der Waals surface area contributed by atoms with E-state index in [0.717, 1.165) is 16.0 Å². The van der Waals surface area contributed by atoms with Crippen LogP contribution in [0.3, 0.4) is 0 Å². The highest BCUT2D eigenvalue weighted by Crippen LogP contribution is 2.31. The largest absolute Gasteiger partial charge is 0.322 e. The molecule has 0 unspecified atom stereocenters. The number of fused-ring (bicyclic) bond motifs is 1. The molecule has 5 nitrogen and oxygen atoms in total. The maximum Gasteiger partial charge on any atom is 0.271 e. The summed E-state index contributed by atoms with van der Waals surface area (Å²) in [5, 5.41) is 5.54. The Morgan fingerprint density at radius 2 is 1.82 bits per heavy atom. The number of rotatable bonds is 4. The molecule has 2 aromatic carbocycles.